The zero-order valence-electron chi connectivity index (χ0n) is 16.4. The van der Waals surface area contributed by atoms with Crippen molar-refractivity contribution in [3.8, 4) is 17.2 Å². The Bertz CT molecular complexity index is 698. The van der Waals surface area contributed by atoms with Crippen molar-refractivity contribution >= 4 is 41.3 Å². The smallest absolute Gasteiger partial charge is 0.193 e. The maximum absolute atomic E-state index is 5.50. The molecule has 0 aliphatic rings. The molecule has 0 radical (unpaired) electrons. The van der Waals surface area contributed by atoms with Crippen molar-refractivity contribution in [1.82, 2.24) is 10.2 Å². The summed E-state index contributed by atoms with van der Waals surface area (Å²) in [7, 11) is 8.75. The fraction of sp³-hybridized carbons (Fsp3) is 0.421. The van der Waals surface area contributed by atoms with E-state index in [2.05, 4.69) is 32.0 Å². The number of methoxy groups -OCH3 is 3. The standard InChI is InChI=1S/C19H27N3O3S.HI/c1-20-19(22(2)12-14-7-9-26-13-14)21-8-6-16-17(24-4)10-15(23-3)11-18(16)25-5;/h7,9-11,13H,6,8,12H2,1-5H3,(H,20,21);1H. The highest BCUT2D eigenvalue weighted by atomic mass is 127. The number of hydrogen-bond acceptors (Lipinski definition) is 5. The molecular formula is C19H28IN3O3S. The normalized spacial score (nSPS) is 10.8. The fourth-order valence-corrected chi connectivity index (χ4v) is 3.40. The van der Waals surface area contributed by atoms with Gasteiger partial charge in [-0.05, 0) is 28.8 Å². The Balaban J connectivity index is 0.00000364. The molecule has 0 aliphatic heterocycles. The van der Waals surface area contributed by atoms with E-state index in [-0.39, 0.29) is 24.0 Å². The zero-order valence-corrected chi connectivity index (χ0v) is 19.6. The first-order chi connectivity index (χ1) is 12.6. The molecule has 2 rings (SSSR count). The van der Waals surface area contributed by atoms with Crippen molar-refractivity contribution in [2.45, 2.75) is 13.0 Å². The lowest BCUT2D eigenvalue weighted by Gasteiger charge is -2.22. The summed E-state index contributed by atoms with van der Waals surface area (Å²) in [5.74, 6) is 3.07. The van der Waals surface area contributed by atoms with Crippen LogP contribution in [0.4, 0.5) is 0 Å². The van der Waals surface area contributed by atoms with Gasteiger partial charge in [-0.15, -0.1) is 24.0 Å². The van der Waals surface area contributed by atoms with Crippen LogP contribution in [-0.2, 0) is 13.0 Å². The van der Waals surface area contributed by atoms with E-state index >= 15 is 0 Å². The molecule has 0 spiro atoms. The van der Waals surface area contributed by atoms with Crippen LogP contribution in [0, 0.1) is 0 Å². The largest absolute Gasteiger partial charge is 0.496 e. The van der Waals surface area contributed by atoms with Crippen molar-refractivity contribution in [2.75, 3.05) is 42.0 Å². The van der Waals surface area contributed by atoms with E-state index in [1.165, 1.54) is 5.56 Å². The maximum atomic E-state index is 5.50. The predicted molar refractivity (Wildman–Crippen MR) is 122 cm³/mol. The van der Waals surface area contributed by atoms with Gasteiger partial charge in [-0.2, -0.15) is 11.3 Å². The molecule has 1 N–H and O–H groups in total. The molecule has 0 atom stereocenters. The monoisotopic (exact) mass is 505 g/mol. The summed E-state index contributed by atoms with van der Waals surface area (Å²) < 4.78 is 16.3. The van der Waals surface area contributed by atoms with Crippen LogP contribution in [0.2, 0.25) is 0 Å². The summed E-state index contributed by atoms with van der Waals surface area (Å²) in [5.41, 5.74) is 2.28. The maximum Gasteiger partial charge on any atom is 0.193 e. The van der Waals surface area contributed by atoms with Gasteiger partial charge in [0.1, 0.15) is 17.2 Å². The third-order valence-corrected chi connectivity index (χ3v) is 4.78. The third kappa shape index (κ3) is 6.46. The van der Waals surface area contributed by atoms with Gasteiger partial charge in [0.2, 0.25) is 0 Å². The van der Waals surface area contributed by atoms with Crippen LogP contribution in [0.25, 0.3) is 0 Å². The highest BCUT2D eigenvalue weighted by Gasteiger charge is 2.14. The van der Waals surface area contributed by atoms with Gasteiger partial charge in [-0.1, -0.05) is 0 Å². The van der Waals surface area contributed by atoms with Gasteiger partial charge in [0.15, 0.2) is 5.96 Å². The molecule has 2 aromatic rings. The van der Waals surface area contributed by atoms with E-state index in [9.17, 15) is 0 Å². The second kappa shape index (κ2) is 11.9. The van der Waals surface area contributed by atoms with Crippen LogP contribution < -0.4 is 19.5 Å². The van der Waals surface area contributed by atoms with Gasteiger partial charge in [0, 0.05) is 44.9 Å². The lowest BCUT2D eigenvalue weighted by atomic mass is 10.1. The Hall–Kier alpha value is -1.68. The predicted octanol–water partition coefficient (Wildman–Crippen LogP) is 3.64. The number of guanidine groups is 1. The first-order valence-electron chi connectivity index (χ1n) is 8.34. The van der Waals surface area contributed by atoms with E-state index in [4.69, 9.17) is 14.2 Å². The quantitative estimate of drug-likeness (QED) is 0.338. The summed E-state index contributed by atoms with van der Waals surface area (Å²) >= 11 is 1.70. The molecule has 27 heavy (non-hydrogen) atoms. The Morgan fingerprint density at radius 1 is 1.15 bits per heavy atom. The molecule has 150 valence electrons. The van der Waals surface area contributed by atoms with Crippen LogP contribution in [0.5, 0.6) is 17.2 Å². The van der Waals surface area contributed by atoms with Crippen molar-refractivity contribution in [2.24, 2.45) is 4.99 Å². The Labute approximate surface area is 182 Å². The van der Waals surface area contributed by atoms with Crippen LogP contribution in [0.3, 0.4) is 0 Å². The van der Waals surface area contributed by atoms with Crippen molar-refractivity contribution in [1.29, 1.82) is 0 Å². The van der Waals surface area contributed by atoms with Gasteiger partial charge >= 0.3 is 0 Å². The average molecular weight is 505 g/mol. The molecule has 0 bridgehead atoms. The minimum Gasteiger partial charge on any atom is -0.496 e. The molecule has 0 unspecified atom stereocenters. The molecule has 0 amide bonds. The third-order valence-electron chi connectivity index (χ3n) is 4.05. The molecule has 0 saturated carbocycles. The van der Waals surface area contributed by atoms with Crippen LogP contribution in [0.1, 0.15) is 11.1 Å². The van der Waals surface area contributed by atoms with Gasteiger partial charge in [-0.25, -0.2) is 0 Å². The number of aliphatic imine (C=N–C) groups is 1. The van der Waals surface area contributed by atoms with Gasteiger partial charge < -0.3 is 24.4 Å². The number of benzene rings is 1. The second-order valence-corrected chi connectivity index (χ2v) is 6.50. The lowest BCUT2D eigenvalue weighted by Crippen LogP contribution is -2.39. The van der Waals surface area contributed by atoms with E-state index < -0.39 is 0 Å². The molecule has 6 nitrogen and oxygen atoms in total. The number of nitrogens with one attached hydrogen (secondary N) is 1. The van der Waals surface area contributed by atoms with E-state index in [0.717, 1.165) is 36.0 Å². The number of ether oxygens (including phenoxy) is 3. The highest BCUT2D eigenvalue weighted by Crippen LogP contribution is 2.34. The van der Waals surface area contributed by atoms with Crippen LogP contribution in [0.15, 0.2) is 34.0 Å². The van der Waals surface area contributed by atoms with Crippen molar-refractivity contribution < 1.29 is 14.2 Å². The molecule has 1 aromatic heterocycles. The Morgan fingerprint density at radius 3 is 2.30 bits per heavy atom. The average Bonchev–Trinajstić information content (AvgIpc) is 3.17. The summed E-state index contributed by atoms with van der Waals surface area (Å²) in [4.78, 5) is 6.47. The number of nitrogens with zero attached hydrogens (tertiary/aromatic N) is 2. The van der Waals surface area contributed by atoms with Crippen molar-refractivity contribution in [3.63, 3.8) is 0 Å². The molecule has 8 heteroatoms. The first-order valence-corrected chi connectivity index (χ1v) is 9.29. The number of thiophene rings is 1. The molecule has 0 aliphatic carbocycles. The minimum absolute atomic E-state index is 0. The Morgan fingerprint density at radius 2 is 1.81 bits per heavy atom. The molecule has 0 fully saturated rings. The minimum atomic E-state index is 0. The summed E-state index contributed by atoms with van der Waals surface area (Å²) in [6.45, 7) is 1.53. The molecule has 0 saturated heterocycles. The number of rotatable bonds is 8. The fourth-order valence-electron chi connectivity index (χ4n) is 2.74. The Kier molecular flexibility index (Phi) is 10.3. The van der Waals surface area contributed by atoms with Gasteiger partial charge in [0.05, 0.1) is 21.3 Å². The number of hydrogen-bond donors (Lipinski definition) is 1. The summed E-state index contributed by atoms with van der Waals surface area (Å²) in [5, 5.41) is 7.63. The number of halogens is 1. The van der Waals surface area contributed by atoms with Crippen LogP contribution >= 0.6 is 35.3 Å². The SMILES string of the molecule is CN=C(NCCc1c(OC)cc(OC)cc1OC)N(C)Cc1ccsc1.I. The highest BCUT2D eigenvalue weighted by molar-refractivity contribution is 14.0. The molecular weight excluding hydrogens is 477 g/mol. The summed E-state index contributed by atoms with van der Waals surface area (Å²) in [6.07, 6.45) is 0.738. The summed E-state index contributed by atoms with van der Waals surface area (Å²) in [6, 6.07) is 5.87. The van der Waals surface area contributed by atoms with Crippen LogP contribution in [-0.4, -0.2) is 52.8 Å². The van der Waals surface area contributed by atoms with E-state index in [1.807, 2.05) is 19.2 Å². The first kappa shape index (κ1) is 23.4. The molecule has 1 heterocycles. The van der Waals surface area contributed by atoms with Crippen molar-refractivity contribution in [3.05, 3.63) is 40.1 Å². The molecule has 1 aromatic carbocycles. The lowest BCUT2D eigenvalue weighted by molar-refractivity contribution is 0.368. The topological polar surface area (TPSA) is 55.3 Å². The zero-order chi connectivity index (χ0) is 18.9. The van der Waals surface area contributed by atoms with Gasteiger partial charge in [0.25, 0.3) is 0 Å². The van der Waals surface area contributed by atoms with Gasteiger partial charge in [-0.3, -0.25) is 4.99 Å². The second-order valence-electron chi connectivity index (χ2n) is 5.72. The van der Waals surface area contributed by atoms with E-state index in [1.54, 1.807) is 39.7 Å². The van der Waals surface area contributed by atoms with E-state index in [0.29, 0.717) is 12.3 Å².